The van der Waals surface area contributed by atoms with E-state index in [0.29, 0.717) is 32.6 Å². The molecule has 6 rings (SSSR count). The molecule has 4 aliphatic rings. The Balaban J connectivity index is 0.000000362. The van der Waals surface area contributed by atoms with Crippen LogP contribution in [0.5, 0.6) is 0 Å². The van der Waals surface area contributed by atoms with Crippen LogP contribution in [0.4, 0.5) is 9.59 Å². The van der Waals surface area contributed by atoms with Gasteiger partial charge in [-0.05, 0) is 75.0 Å². The predicted octanol–water partition coefficient (Wildman–Crippen LogP) is 5.05. The van der Waals surface area contributed by atoms with Gasteiger partial charge in [-0.15, -0.1) is 22.7 Å². The van der Waals surface area contributed by atoms with Crippen molar-refractivity contribution in [3.63, 3.8) is 0 Å². The molecular weight excluding hydrogens is 1020 g/mol. The van der Waals surface area contributed by atoms with E-state index in [-0.39, 0.29) is 38.7 Å². The van der Waals surface area contributed by atoms with Crippen molar-refractivity contribution in [3.8, 4) is 0 Å². The van der Waals surface area contributed by atoms with E-state index >= 15 is 0 Å². The van der Waals surface area contributed by atoms with Crippen LogP contribution in [-0.4, -0.2) is 168 Å². The van der Waals surface area contributed by atoms with Crippen molar-refractivity contribution in [1.82, 2.24) is 19.2 Å². The number of thiophene rings is 2. The van der Waals surface area contributed by atoms with Crippen molar-refractivity contribution in [3.05, 3.63) is 41.1 Å². The number of fused-ring (bicyclic) bond motifs is 2. The molecule has 18 nitrogen and oxygen atoms in total. The van der Waals surface area contributed by atoms with E-state index in [1.165, 1.54) is 99.9 Å². The van der Waals surface area contributed by atoms with Crippen LogP contribution in [-0.2, 0) is 59.7 Å². The van der Waals surface area contributed by atoms with Crippen LogP contribution >= 0.6 is 61.8 Å². The molecule has 2 aromatic heterocycles. The minimum atomic E-state index is -3.95. The van der Waals surface area contributed by atoms with Crippen molar-refractivity contribution >= 4 is 175 Å². The minimum absolute atomic E-state index is 0. The fourth-order valence-corrected chi connectivity index (χ4v) is 13.0. The van der Waals surface area contributed by atoms with Crippen molar-refractivity contribution < 1.29 is 55.0 Å². The van der Waals surface area contributed by atoms with Crippen molar-refractivity contribution in [2.45, 2.75) is 95.0 Å². The summed E-state index contributed by atoms with van der Waals surface area (Å²) in [5.74, 6) is -0.253. The first-order chi connectivity index (χ1) is 26.8. The summed E-state index contributed by atoms with van der Waals surface area (Å²) in [7, 11) is -5.25. The van der Waals surface area contributed by atoms with Gasteiger partial charge in [-0.25, -0.2) is 45.0 Å². The van der Waals surface area contributed by atoms with E-state index in [2.05, 4.69) is 36.5 Å². The van der Waals surface area contributed by atoms with Gasteiger partial charge >= 0.3 is 81.5 Å². The zero-order valence-corrected chi connectivity index (χ0v) is 45.8. The molecule has 2 amide bonds. The summed E-state index contributed by atoms with van der Waals surface area (Å²) in [6.07, 6.45) is -0.682. The van der Waals surface area contributed by atoms with Gasteiger partial charge < -0.3 is 18.9 Å². The second-order valence-electron chi connectivity index (χ2n) is 14.3. The molecule has 320 valence electrons. The van der Waals surface area contributed by atoms with Gasteiger partial charge in [0, 0.05) is 26.9 Å². The molecule has 4 atom stereocenters. The molecule has 2 saturated heterocycles. The summed E-state index contributed by atoms with van der Waals surface area (Å²) in [5, 5.41) is 7.47. The molecule has 2 fully saturated rings. The number of nitrogens with one attached hydrogen (secondary N) is 2. The fourth-order valence-electron chi connectivity index (χ4n) is 5.87. The number of amides is 2. The summed E-state index contributed by atoms with van der Waals surface area (Å²) < 4.78 is 76.1. The molecule has 2 aromatic rings. The van der Waals surface area contributed by atoms with Gasteiger partial charge in [-0.3, -0.25) is 10.6 Å². The number of sulfonamides is 2. The Bertz CT molecular complexity index is 2180. The second kappa shape index (κ2) is 22.1. The zero-order valence-electron chi connectivity index (χ0n) is 33.2. The number of nitrogens with zero attached hydrogens (tertiary/aromatic N) is 4. The number of alkyl carbamates (subject to hydrolysis) is 2. The summed E-state index contributed by atoms with van der Waals surface area (Å²) in [6.45, 7) is 10.7. The van der Waals surface area contributed by atoms with Crippen LogP contribution < -0.4 is 10.6 Å². The monoisotopic (exact) mass is 1060 g/mol. The van der Waals surface area contributed by atoms with E-state index in [0.717, 1.165) is 12.4 Å². The van der Waals surface area contributed by atoms with Crippen LogP contribution in [0, 0.1) is 0 Å². The topological polar surface area (TPSA) is 229 Å². The predicted molar refractivity (Wildman–Crippen MR) is 229 cm³/mol. The van der Waals surface area contributed by atoms with Crippen LogP contribution in [0.1, 0.15) is 71.6 Å². The van der Waals surface area contributed by atoms with E-state index in [4.69, 9.17) is 51.7 Å². The van der Waals surface area contributed by atoms with Gasteiger partial charge in [0.15, 0.2) is 0 Å². The van der Waals surface area contributed by atoms with Crippen molar-refractivity contribution in [1.29, 1.82) is 0 Å². The molecule has 0 saturated carbocycles. The molecule has 27 heteroatoms. The maximum atomic E-state index is 13.0. The quantitative estimate of drug-likeness (QED) is 0.377. The molecule has 0 bridgehead atoms. The first-order valence-electron chi connectivity index (χ1n) is 17.3. The molecule has 4 aliphatic heterocycles. The number of rotatable bonds is 2. The fraction of sp³-hybridized carbons (Fsp3) is 0.594. The van der Waals surface area contributed by atoms with Gasteiger partial charge in [-0.2, -0.15) is 9.59 Å². The first kappa shape index (κ1) is 55.5. The standard InChI is InChI=1S/C15H19BrClN3O5S2.C15H20ClN3O5S2.CO2.CH4.2K/c1-14(2,3)25-13(21)18-12-19-15(10-8(17)7-9(16)26-10)5-6-24-11(15)27(22,23)20(12)4;1-14(2,3)24-13(20)17-12-18-15(10-9(16)5-8-25-10)6-7-23-11(15)26(21,22)19(12)4;2-1-3;;;/h7,11H,5-6H2,1-4H3,(H,18,19,21);5,8,11H,6-7H2,1-4H3,(H,17,18,20);;1H4;;/t2*11?,15-;;;;/m11..../s1. The summed E-state index contributed by atoms with van der Waals surface area (Å²) >= 11 is 21.1. The van der Waals surface area contributed by atoms with Gasteiger partial charge in [-0.1, -0.05) is 30.6 Å². The van der Waals surface area contributed by atoms with E-state index in [1.807, 2.05) is 0 Å². The summed E-state index contributed by atoms with van der Waals surface area (Å²) in [4.78, 5) is 50.9. The molecule has 0 radical (unpaired) electrons. The van der Waals surface area contributed by atoms with Crippen LogP contribution in [0.3, 0.4) is 0 Å². The third kappa shape index (κ3) is 12.8. The Kier molecular flexibility index (Phi) is 20.8. The van der Waals surface area contributed by atoms with Gasteiger partial charge in [0.2, 0.25) is 22.8 Å². The number of aliphatic imine (C=N–C) groups is 2. The summed E-state index contributed by atoms with van der Waals surface area (Å²) in [5.41, 5.74) is -6.31. The Morgan fingerprint density at radius 3 is 1.58 bits per heavy atom. The van der Waals surface area contributed by atoms with Crippen LogP contribution in [0.25, 0.3) is 0 Å². The number of hydrogen-bond donors (Lipinski definition) is 2. The average Bonchev–Trinajstić information content (AvgIpc) is 3.89. The van der Waals surface area contributed by atoms with E-state index < -0.39 is 65.4 Å². The average molecular weight is 1060 g/mol. The second-order valence-corrected chi connectivity index (χ2v) is 22.5. The molecular formula is C32H43BrCl2K2N6O12S4. The normalized spacial score (nSPS) is 24.9. The molecule has 0 aromatic carbocycles. The molecule has 59 heavy (non-hydrogen) atoms. The van der Waals surface area contributed by atoms with Gasteiger partial charge in [0.05, 0.1) is 36.8 Å². The number of guanidine groups is 2. The number of ether oxygens (including phenoxy) is 4. The van der Waals surface area contributed by atoms with E-state index in [9.17, 15) is 26.4 Å². The van der Waals surface area contributed by atoms with E-state index in [1.54, 1.807) is 59.1 Å². The maximum absolute atomic E-state index is 13.0. The Morgan fingerprint density at radius 2 is 1.25 bits per heavy atom. The molecule has 0 aliphatic carbocycles. The zero-order chi connectivity index (χ0) is 44.2. The number of halogens is 3. The molecule has 2 unspecified atom stereocenters. The first-order valence-corrected chi connectivity index (χ1v) is 39.6. The Hall–Kier alpha value is 0.413. The molecule has 6 heterocycles. The summed E-state index contributed by atoms with van der Waals surface area (Å²) in [6, 6.07) is 3.38. The van der Waals surface area contributed by atoms with Crippen LogP contribution in [0.15, 0.2) is 31.3 Å². The van der Waals surface area contributed by atoms with Crippen molar-refractivity contribution in [2.24, 2.45) is 9.98 Å². The van der Waals surface area contributed by atoms with Crippen LogP contribution in [0.2, 0.25) is 10.0 Å². The third-order valence-corrected chi connectivity index (χ3v) is 15.8. The number of carbonyl (C=O) groups excluding carboxylic acids is 4. The van der Waals surface area contributed by atoms with Gasteiger partial charge in [0.25, 0.3) is 20.0 Å². The van der Waals surface area contributed by atoms with Crippen molar-refractivity contribution in [2.75, 3.05) is 27.3 Å². The SMILES string of the molecule is C.CN1C(NC(=O)OC(C)(C)C)=N[C@@]2(c3sc(Br)cc3Cl)CCOC2S1(=O)=O.CN1C(NC(=O)OC(C)(C)C)=N[C@@]2(c3sccc3Cl)CCOC2S1(=O)=O.O=C=O.[K][K]. The Labute approximate surface area is 415 Å². The molecule has 0 spiro atoms. The Morgan fingerprint density at radius 1 is 0.864 bits per heavy atom. The van der Waals surface area contributed by atoms with Gasteiger partial charge in [0.1, 0.15) is 22.3 Å². The number of hydrogen-bond acceptors (Lipinski definition) is 16. The third-order valence-electron chi connectivity index (χ3n) is 8.08. The molecule has 2 N–H and O–H groups in total. The number of carbonyl (C=O) groups is 2.